The molecule has 0 saturated heterocycles. The third kappa shape index (κ3) is 4.73. The molecule has 0 aromatic carbocycles. The maximum absolute atomic E-state index is 12.6. The lowest BCUT2D eigenvalue weighted by Crippen LogP contribution is -2.39. The van der Waals surface area contributed by atoms with Crippen LogP contribution in [0.4, 0.5) is 9.80 Å². The van der Waals surface area contributed by atoms with Gasteiger partial charge in [0, 0.05) is 40.3 Å². The van der Waals surface area contributed by atoms with Crippen LogP contribution in [-0.2, 0) is 22.5 Å². The van der Waals surface area contributed by atoms with Crippen molar-refractivity contribution in [3.63, 3.8) is 0 Å². The summed E-state index contributed by atoms with van der Waals surface area (Å²) >= 11 is 2.99. The molecule has 0 unspecified atom stereocenters. The van der Waals surface area contributed by atoms with Crippen molar-refractivity contribution in [2.75, 3.05) is 11.9 Å². The molecule has 3 aromatic heterocycles. The van der Waals surface area contributed by atoms with Crippen molar-refractivity contribution in [2.24, 2.45) is 0 Å². The highest BCUT2D eigenvalue weighted by Crippen LogP contribution is 2.45. The molecule has 1 aliphatic heterocycles. The highest BCUT2D eigenvalue weighted by Gasteiger charge is 2.31. The molecule has 9 heteroatoms. The number of pyridine rings is 1. The number of carbonyl (C=O) groups is 2. The Labute approximate surface area is 194 Å². The molecular weight excluding hydrogens is 444 g/mol. The summed E-state index contributed by atoms with van der Waals surface area (Å²) in [6.45, 7) is 10.1. The lowest BCUT2D eigenvalue weighted by Gasteiger charge is -2.30. The van der Waals surface area contributed by atoms with Gasteiger partial charge in [0.2, 0.25) is 5.91 Å². The summed E-state index contributed by atoms with van der Waals surface area (Å²) in [5, 5.41) is 6.47. The van der Waals surface area contributed by atoms with Gasteiger partial charge in [0.05, 0.1) is 12.2 Å². The lowest BCUT2D eigenvalue weighted by atomic mass is 10.0. The molecule has 0 fully saturated rings. The van der Waals surface area contributed by atoms with Gasteiger partial charge < -0.3 is 15.0 Å². The SMILES string of the molecule is C=CC(=O)Nc1sc2c(c1-c1nc(-c3cccnc3)cs1)CCN(C(=O)OC(C)(C)C)C2. The molecule has 166 valence electrons. The van der Waals surface area contributed by atoms with E-state index in [4.69, 9.17) is 9.72 Å². The van der Waals surface area contributed by atoms with Crippen molar-refractivity contribution < 1.29 is 14.3 Å². The van der Waals surface area contributed by atoms with E-state index in [-0.39, 0.29) is 12.0 Å². The van der Waals surface area contributed by atoms with Gasteiger partial charge in [-0.2, -0.15) is 0 Å². The van der Waals surface area contributed by atoms with Crippen molar-refractivity contribution in [1.29, 1.82) is 0 Å². The zero-order chi connectivity index (χ0) is 22.9. The van der Waals surface area contributed by atoms with Crippen LogP contribution in [0.2, 0.25) is 0 Å². The number of nitrogens with zero attached hydrogens (tertiary/aromatic N) is 3. The van der Waals surface area contributed by atoms with Crippen LogP contribution >= 0.6 is 22.7 Å². The fourth-order valence-corrected chi connectivity index (χ4v) is 5.64. The molecule has 0 radical (unpaired) electrons. The van der Waals surface area contributed by atoms with Crippen LogP contribution in [0.3, 0.4) is 0 Å². The number of rotatable bonds is 4. The molecule has 0 aliphatic carbocycles. The fraction of sp³-hybridized carbons (Fsp3) is 0.304. The molecule has 0 spiro atoms. The fourth-order valence-electron chi connectivity index (χ4n) is 3.40. The van der Waals surface area contributed by atoms with E-state index in [2.05, 4.69) is 16.9 Å². The van der Waals surface area contributed by atoms with Crippen LogP contribution in [0.5, 0.6) is 0 Å². The molecule has 0 atom stereocenters. The topological polar surface area (TPSA) is 84.4 Å². The van der Waals surface area contributed by atoms with E-state index in [1.807, 2.05) is 38.3 Å². The summed E-state index contributed by atoms with van der Waals surface area (Å²) in [5.74, 6) is -0.280. The summed E-state index contributed by atoms with van der Waals surface area (Å²) < 4.78 is 5.54. The number of carbonyl (C=O) groups excluding carboxylic acids is 2. The standard InChI is InChI=1S/C23H24N4O3S2/c1-5-18(28)26-21-19(20-25-16(13-31-20)14-7-6-9-24-11-14)15-8-10-27(12-17(15)32-21)22(29)30-23(2,3)4/h5-7,9,11,13H,1,8,10,12H2,2-4H3,(H,26,28). The smallest absolute Gasteiger partial charge is 0.410 e. The Morgan fingerprint density at radius 2 is 2.16 bits per heavy atom. The number of hydrogen-bond acceptors (Lipinski definition) is 7. The Morgan fingerprint density at radius 1 is 1.34 bits per heavy atom. The van der Waals surface area contributed by atoms with Crippen molar-refractivity contribution >= 4 is 39.7 Å². The number of anilines is 1. The minimum absolute atomic E-state index is 0.280. The minimum atomic E-state index is -0.551. The van der Waals surface area contributed by atoms with E-state index < -0.39 is 5.60 Å². The molecule has 0 bridgehead atoms. The van der Waals surface area contributed by atoms with Gasteiger partial charge in [0.15, 0.2) is 0 Å². The van der Waals surface area contributed by atoms with Crippen molar-refractivity contribution in [3.05, 3.63) is 53.0 Å². The highest BCUT2D eigenvalue weighted by atomic mass is 32.1. The molecule has 1 N–H and O–H groups in total. The van der Waals surface area contributed by atoms with Crippen LogP contribution in [0.15, 0.2) is 42.6 Å². The Hall–Kier alpha value is -3.04. The van der Waals surface area contributed by atoms with Gasteiger partial charge in [-0.05, 0) is 51.0 Å². The summed E-state index contributed by atoms with van der Waals surface area (Å²) in [6.07, 6.45) is 5.08. The third-order valence-corrected chi connectivity index (χ3v) is 6.80. The van der Waals surface area contributed by atoms with Crippen LogP contribution in [0, 0.1) is 0 Å². The minimum Gasteiger partial charge on any atom is -0.444 e. The molecule has 4 heterocycles. The summed E-state index contributed by atoms with van der Waals surface area (Å²) in [4.78, 5) is 36.4. The van der Waals surface area contributed by atoms with Gasteiger partial charge in [0.1, 0.15) is 15.6 Å². The third-order valence-electron chi connectivity index (χ3n) is 4.81. The van der Waals surface area contributed by atoms with E-state index in [0.717, 1.165) is 37.3 Å². The first-order valence-corrected chi connectivity index (χ1v) is 11.9. The molecular formula is C23H24N4O3S2. The average molecular weight is 469 g/mol. The van der Waals surface area contributed by atoms with Gasteiger partial charge in [-0.3, -0.25) is 9.78 Å². The van der Waals surface area contributed by atoms with E-state index >= 15 is 0 Å². The van der Waals surface area contributed by atoms with Gasteiger partial charge in [0.25, 0.3) is 0 Å². The predicted molar refractivity (Wildman–Crippen MR) is 128 cm³/mol. The molecule has 3 aromatic rings. The lowest BCUT2D eigenvalue weighted by molar-refractivity contribution is -0.111. The molecule has 2 amide bonds. The first kappa shape index (κ1) is 22.2. The Bertz CT molecular complexity index is 1160. The second-order valence-electron chi connectivity index (χ2n) is 8.33. The van der Waals surface area contributed by atoms with Gasteiger partial charge in [-0.15, -0.1) is 22.7 Å². The van der Waals surface area contributed by atoms with Crippen LogP contribution in [-0.4, -0.2) is 39.0 Å². The normalized spacial score (nSPS) is 13.4. The largest absolute Gasteiger partial charge is 0.444 e. The van der Waals surface area contributed by atoms with E-state index in [1.165, 1.54) is 28.7 Å². The van der Waals surface area contributed by atoms with Crippen molar-refractivity contribution in [2.45, 2.75) is 39.3 Å². The quantitative estimate of drug-likeness (QED) is 0.522. The Morgan fingerprint density at radius 3 is 2.84 bits per heavy atom. The number of nitrogens with one attached hydrogen (secondary N) is 1. The maximum atomic E-state index is 12.6. The van der Waals surface area contributed by atoms with Crippen LogP contribution in [0.25, 0.3) is 21.8 Å². The maximum Gasteiger partial charge on any atom is 0.410 e. The first-order chi connectivity index (χ1) is 15.2. The number of ether oxygens (including phenoxy) is 1. The number of aromatic nitrogens is 2. The molecule has 4 rings (SSSR count). The average Bonchev–Trinajstić information content (AvgIpc) is 3.36. The summed E-state index contributed by atoms with van der Waals surface area (Å²) in [7, 11) is 0. The highest BCUT2D eigenvalue weighted by molar-refractivity contribution is 7.18. The summed E-state index contributed by atoms with van der Waals surface area (Å²) in [6, 6.07) is 3.84. The molecule has 0 saturated carbocycles. The Kier molecular flexibility index (Phi) is 6.12. The number of hydrogen-bond donors (Lipinski definition) is 1. The van der Waals surface area contributed by atoms with Crippen LogP contribution in [0.1, 0.15) is 31.2 Å². The number of fused-ring (bicyclic) bond motifs is 1. The summed E-state index contributed by atoms with van der Waals surface area (Å²) in [5.41, 5.74) is 3.26. The molecule has 32 heavy (non-hydrogen) atoms. The molecule has 1 aliphatic rings. The van der Waals surface area contributed by atoms with E-state index in [9.17, 15) is 9.59 Å². The number of thiophene rings is 1. The Balaban J connectivity index is 1.69. The second-order valence-corrected chi connectivity index (χ2v) is 10.3. The molecule has 7 nitrogen and oxygen atoms in total. The number of thiazole rings is 1. The zero-order valence-corrected chi connectivity index (χ0v) is 19.8. The monoisotopic (exact) mass is 468 g/mol. The zero-order valence-electron chi connectivity index (χ0n) is 18.2. The second kappa shape index (κ2) is 8.84. The van der Waals surface area contributed by atoms with E-state index in [1.54, 1.807) is 17.3 Å². The first-order valence-electron chi connectivity index (χ1n) is 10.2. The van der Waals surface area contributed by atoms with Crippen LogP contribution < -0.4 is 5.32 Å². The van der Waals surface area contributed by atoms with Crippen molar-refractivity contribution in [1.82, 2.24) is 14.9 Å². The van der Waals surface area contributed by atoms with Gasteiger partial charge in [-0.1, -0.05) is 6.58 Å². The van der Waals surface area contributed by atoms with Gasteiger partial charge >= 0.3 is 6.09 Å². The van der Waals surface area contributed by atoms with Crippen molar-refractivity contribution in [3.8, 4) is 21.8 Å². The van der Waals surface area contributed by atoms with Gasteiger partial charge in [-0.25, -0.2) is 9.78 Å². The van der Waals surface area contributed by atoms with E-state index in [0.29, 0.717) is 19.5 Å². The predicted octanol–water partition coefficient (Wildman–Crippen LogP) is 5.35. The number of amides is 2.